The predicted molar refractivity (Wildman–Crippen MR) is 99.4 cm³/mol. The monoisotopic (exact) mass is 393 g/mol. The Morgan fingerprint density at radius 1 is 1.11 bits per heavy atom. The van der Waals surface area contributed by atoms with Gasteiger partial charge in [-0.15, -0.1) is 0 Å². The Balaban J connectivity index is 2.25. The standard InChI is InChI=1S/C19H23NO6S/c1-19(2,3)13-7-5-12(6-8-13)14(11-16(21)22)20-18(23)15-9-10-17(26-15)27(4,24)25/h5-10,14H,11H2,1-4H3,(H,20,23)(H,21,22). The van der Waals surface area contributed by atoms with Gasteiger partial charge in [0.05, 0.1) is 12.5 Å². The first-order valence-corrected chi connectivity index (χ1v) is 10.2. The second-order valence-corrected chi connectivity index (χ2v) is 9.33. The van der Waals surface area contributed by atoms with Crippen molar-refractivity contribution in [1.29, 1.82) is 0 Å². The lowest BCUT2D eigenvalue weighted by Crippen LogP contribution is -2.30. The van der Waals surface area contributed by atoms with Gasteiger partial charge in [0, 0.05) is 6.26 Å². The maximum Gasteiger partial charge on any atom is 0.305 e. The molecule has 0 aliphatic carbocycles. The lowest BCUT2D eigenvalue weighted by atomic mass is 9.86. The molecule has 1 heterocycles. The number of rotatable bonds is 6. The van der Waals surface area contributed by atoms with Gasteiger partial charge >= 0.3 is 5.97 Å². The van der Waals surface area contributed by atoms with Crippen molar-refractivity contribution in [2.75, 3.05) is 6.26 Å². The Morgan fingerprint density at radius 3 is 2.15 bits per heavy atom. The Bertz CT molecular complexity index is 935. The van der Waals surface area contributed by atoms with E-state index in [2.05, 4.69) is 26.1 Å². The van der Waals surface area contributed by atoms with E-state index in [9.17, 15) is 18.0 Å². The van der Waals surface area contributed by atoms with Crippen molar-refractivity contribution in [2.24, 2.45) is 0 Å². The zero-order chi connectivity index (χ0) is 20.4. The van der Waals surface area contributed by atoms with Gasteiger partial charge < -0.3 is 14.8 Å². The number of amides is 1. The SMILES string of the molecule is CC(C)(C)c1ccc(C(CC(=O)O)NC(=O)c2ccc(S(C)(=O)=O)o2)cc1. The molecule has 0 spiro atoms. The minimum absolute atomic E-state index is 0.0553. The molecule has 7 nitrogen and oxygen atoms in total. The molecule has 8 heteroatoms. The van der Waals surface area contributed by atoms with E-state index in [1.165, 1.54) is 12.1 Å². The number of hydrogen-bond acceptors (Lipinski definition) is 5. The van der Waals surface area contributed by atoms with Crippen molar-refractivity contribution in [3.05, 3.63) is 53.3 Å². The zero-order valence-electron chi connectivity index (χ0n) is 15.6. The molecule has 1 aromatic carbocycles. The summed E-state index contributed by atoms with van der Waals surface area (Å²) in [6, 6.07) is 8.99. The van der Waals surface area contributed by atoms with Gasteiger partial charge in [-0.2, -0.15) is 0 Å². The van der Waals surface area contributed by atoms with E-state index in [0.717, 1.165) is 11.8 Å². The largest absolute Gasteiger partial charge is 0.481 e. The van der Waals surface area contributed by atoms with Crippen LogP contribution in [-0.2, 0) is 20.0 Å². The van der Waals surface area contributed by atoms with Crippen LogP contribution in [0.2, 0.25) is 0 Å². The number of furan rings is 1. The zero-order valence-corrected chi connectivity index (χ0v) is 16.5. The number of benzene rings is 1. The molecule has 0 fully saturated rings. The first-order valence-electron chi connectivity index (χ1n) is 8.31. The molecule has 27 heavy (non-hydrogen) atoms. The van der Waals surface area contributed by atoms with Crippen molar-refractivity contribution in [3.8, 4) is 0 Å². The maximum absolute atomic E-state index is 12.4. The summed E-state index contributed by atoms with van der Waals surface area (Å²) in [5.41, 5.74) is 1.66. The summed E-state index contributed by atoms with van der Waals surface area (Å²) < 4.78 is 28.0. The van der Waals surface area contributed by atoms with Gasteiger partial charge in [0.2, 0.25) is 14.9 Å². The molecule has 1 atom stereocenters. The average Bonchev–Trinajstić information content (AvgIpc) is 3.03. The first kappa shape index (κ1) is 20.7. The van der Waals surface area contributed by atoms with Crippen molar-refractivity contribution in [1.82, 2.24) is 5.32 Å². The summed E-state index contributed by atoms with van der Waals surface area (Å²) in [7, 11) is -3.57. The van der Waals surface area contributed by atoms with Crippen LogP contribution >= 0.6 is 0 Å². The number of hydrogen-bond donors (Lipinski definition) is 2. The van der Waals surface area contributed by atoms with Gasteiger partial charge in [-0.3, -0.25) is 9.59 Å². The van der Waals surface area contributed by atoms with Gasteiger partial charge in [0.1, 0.15) is 0 Å². The van der Waals surface area contributed by atoms with E-state index in [1.807, 2.05) is 12.1 Å². The molecule has 0 saturated heterocycles. The highest BCUT2D eigenvalue weighted by Crippen LogP contribution is 2.25. The van der Waals surface area contributed by atoms with Crippen molar-refractivity contribution >= 4 is 21.7 Å². The first-order chi connectivity index (χ1) is 12.4. The van der Waals surface area contributed by atoms with E-state index >= 15 is 0 Å². The molecule has 146 valence electrons. The Kier molecular flexibility index (Phi) is 5.79. The van der Waals surface area contributed by atoms with Gasteiger partial charge in [0.15, 0.2) is 5.76 Å². The van der Waals surface area contributed by atoms with Crippen LogP contribution in [0.4, 0.5) is 0 Å². The molecule has 2 rings (SSSR count). The van der Waals surface area contributed by atoms with Crippen molar-refractivity contribution in [3.63, 3.8) is 0 Å². The van der Waals surface area contributed by atoms with Crippen LogP contribution in [0.25, 0.3) is 0 Å². The Labute approximate surface area is 158 Å². The van der Waals surface area contributed by atoms with Crippen LogP contribution in [0.15, 0.2) is 45.9 Å². The van der Waals surface area contributed by atoms with Crippen molar-refractivity contribution < 1.29 is 27.5 Å². The van der Waals surface area contributed by atoms with Gasteiger partial charge in [0.25, 0.3) is 5.91 Å². The van der Waals surface area contributed by atoms with Gasteiger partial charge in [-0.05, 0) is 28.7 Å². The van der Waals surface area contributed by atoms with Crippen LogP contribution in [-0.4, -0.2) is 31.7 Å². The number of aliphatic carboxylic acids is 1. The summed E-state index contributed by atoms with van der Waals surface area (Å²) >= 11 is 0. The number of carboxylic acid groups (broad SMARTS) is 1. The fourth-order valence-electron chi connectivity index (χ4n) is 2.51. The predicted octanol–water partition coefficient (Wildman–Crippen LogP) is 2.93. The van der Waals surface area contributed by atoms with Crippen LogP contribution in [0.5, 0.6) is 0 Å². The number of sulfone groups is 1. The smallest absolute Gasteiger partial charge is 0.305 e. The quantitative estimate of drug-likeness (QED) is 0.780. The highest BCUT2D eigenvalue weighted by molar-refractivity contribution is 7.90. The second-order valence-electron chi connectivity index (χ2n) is 7.39. The van der Waals surface area contributed by atoms with E-state index in [4.69, 9.17) is 9.52 Å². The van der Waals surface area contributed by atoms with E-state index in [-0.39, 0.29) is 22.7 Å². The fourth-order valence-corrected chi connectivity index (χ4v) is 3.07. The minimum atomic E-state index is -3.57. The second kappa shape index (κ2) is 7.56. The number of carboxylic acids is 1. The topological polar surface area (TPSA) is 114 Å². The van der Waals surface area contributed by atoms with E-state index in [0.29, 0.717) is 5.56 Å². The summed E-state index contributed by atoms with van der Waals surface area (Å²) in [6.07, 6.45) is 0.651. The van der Waals surface area contributed by atoms with Crippen LogP contribution in [0.1, 0.15) is 54.9 Å². The Morgan fingerprint density at radius 2 is 1.70 bits per heavy atom. The Hall–Kier alpha value is -2.61. The average molecular weight is 393 g/mol. The molecule has 0 bridgehead atoms. The minimum Gasteiger partial charge on any atom is -0.481 e. The molecule has 2 aromatic rings. The van der Waals surface area contributed by atoms with Crippen LogP contribution in [0, 0.1) is 0 Å². The molecule has 0 aliphatic rings. The number of carbonyl (C=O) groups excluding carboxylic acids is 1. The summed E-state index contributed by atoms with van der Waals surface area (Å²) in [5.74, 6) is -1.95. The molecule has 1 amide bonds. The third kappa shape index (κ3) is 5.43. The van der Waals surface area contributed by atoms with Gasteiger partial charge in [-0.1, -0.05) is 45.0 Å². The number of nitrogens with one attached hydrogen (secondary N) is 1. The molecule has 1 unspecified atom stereocenters. The summed E-state index contributed by atoms with van der Waals surface area (Å²) in [4.78, 5) is 23.6. The highest BCUT2D eigenvalue weighted by Gasteiger charge is 2.23. The van der Waals surface area contributed by atoms with Crippen LogP contribution in [0.3, 0.4) is 0 Å². The molecular formula is C19H23NO6S. The third-order valence-corrected chi connectivity index (χ3v) is 4.98. The molecule has 0 radical (unpaired) electrons. The maximum atomic E-state index is 12.4. The lowest BCUT2D eigenvalue weighted by molar-refractivity contribution is -0.137. The highest BCUT2D eigenvalue weighted by atomic mass is 32.2. The summed E-state index contributed by atoms with van der Waals surface area (Å²) in [5, 5.41) is 11.4. The normalized spacial score (nSPS) is 13.2. The molecule has 1 aromatic heterocycles. The fraction of sp³-hybridized carbons (Fsp3) is 0.368. The van der Waals surface area contributed by atoms with E-state index in [1.54, 1.807) is 12.1 Å². The van der Waals surface area contributed by atoms with E-state index < -0.39 is 27.8 Å². The molecule has 0 aliphatic heterocycles. The lowest BCUT2D eigenvalue weighted by Gasteiger charge is -2.21. The molecule has 2 N–H and O–H groups in total. The van der Waals surface area contributed by atoms with Crippen molar-refractivity contribution in [2.45, 2.75) is 43.7 Å². The molecule has 0 saturated carbocycles. The van der Waals surface area contributed by atoms with Gasteiger partial charge in [-0.25, -0.2) is 8.42 Å². The summed E-state index contributed by atoms with van der Waals surface area (Å²) in [6.45, 7) is 6.19. The number of carbonyl (C=O) groups is 2. The van der Waals surface area contributed by atoms with Crippen LogP contribution < -0.4 is 5.32 Å². The third-order valence-electron chi connectivity index (χ3n) is 4.03. The molecular weight excluding hydrogens is 370 g/mol.